The molecule has 40 heavy (non-hydrogen) atoms. The molecule has 1 heterocycles. The number of benzene rings is 4. The van der Waals surface area contributed by atoms with Gasteiger partial charge < -0.3 is 14.6 Å². The second-order valence-electron chi connectivity index (χ2n) is 10.1. The molecular formula is C35H34N2O3. The predicted octanol–water partition coefficient (Wildman–Crippen LogP) is 7.02. The van der Waals surface area contributed by atoms with Crippen LogP contribution in [0.2, 0.25) is 0 Å². The number of carbonyl (C=O) groups excluding carboxylic acids is 1. The number of carbonyl (C=O) groups is 2. The third-order valence-corrected chi connectivity index (χ3v) is 7.45. The highest BCUT2D eigenvalue weighted by Gasteiger charge is 2.20. The normalized spacial score (nSPS) is 11.1. The first kappa shape index (κ1) is 26.9. The largest absolute Gasteiger partial charge is 0.480 e. The summed E-state index contributed by atoms with van der Waals surface area (Å²) in [5.74, 6) is -0.644. The summed E-state index contributed by atoms with van der Waals surface area (Å²) in [5, 5.41) is 10.4. The average Bonchev–Trinajstić information content (AvgIpc) is 3.34. The molecule has 0 aliphatic carbocycles. The minimum Gasteiger partial charge on any atom is -0.480 e. The van der Waals surface area contributed by atoms with E-state index in [2.05, 4.69) is 48.5 Å². The molecule has 1 amide bonds. The third-order valence-electron chi connectivity index (χ3n) is 7.45. The Labute approximate surface area is 235 Å². The van der Waals surface area contributed by atoms with E-state index in [-0.39, 0.29) is 18.4 Å². The van der Waals surface area contributed by atoms with Crippen molar-refractivity contribution in [1.29, 1.82) is 0 Å². The predicted molar refractivity (Wildman–Crippen MR) is 160 cm³/mol. The summed E-state index contributed by atoms with van der Waals surface area (Å²) in [6.45, 7) is 1.17. The van der Waals surface area contributed by atoms with Gasteiger partial charge in [-0.2, -0.15) is 0 Å². The number of amides is 1. The molecule has 0 fully saturated rings. The zero-order valence-corrected chi connectivity index (χ0v) is 22.5. The number of fused-ring (bicyclic) bond motifs is 1. The highest BCUT2D eigenvalue weighted by molar-refractivity contribution is 5.94. The Morgan fingerprint density at radius 1 is 0.725 bits per heavy atom. The average molecular weight is 531 g/mol. The van der Waals surface area contributed by atoms with E-state index in [0.717, 1.165) is 35.7 Å². The van der Waals surface area contributed by atoms with Gasteiger partial charge in [-0.3, -0.25) is 9.59 Å². The molecule has 202 valence electrons. The van der Waals surface area contributed by atoms with E-state index in [4.69, 9.17) is 0 Å². The van der Waals surface area contributed by atoms with Gasteiger partial charge in [-0.25, -0.2) is 0 Å². The number of carboxylic acids is 1. The van der Waals surface area contributed by atoms with Gasteiger partial charge in [0, 0.05) is 41.7 Å². The van der Waals surface area contributed by atoms with Crippen LogP contribution in [0, 0.1) is 0 Å². The van der Waals surface area contributed by atoms with Crippen LogP contribution in [0.15, 0.2) is 121 Å². The summed E-state index contributed by atoms with van der Waals surface area (Å²) >= 11 is 0. The first-order valence-corrected chi connectivity index (χ1v) is 13.8. The van der Waals surface area contributed by atoms with Crippen molar-refractivity contribution in [3.8, 4) is 0 Å². The standard InChI is InChI=1S/C35H34N2O3/c38-34(39)26-37-25-30(32-20-10-11-21-33(32)37)19-12-23-36(35(40)29-17-8-3-9-18-29)24-22-31(27-13-4-1-5-14-27)28-15-6-2-7-16-28/h1-11,13-18,20-21,25,31H,12,19,22-24,26H2,(H,38,39). The maximum absolute atomic E-state index is 13.7. The maximum atomic E-state index is 13.7. The van der Waals surface area contributed by atoms with Gasteiger partial charge in [0.25, 0.3) is 5.91 Å². The number of para-hydroxylation sites is 1. The first-order valence-electron chi connectivity index (χ1n) is 13.8. The third kappa shape index (κ3) is 6.49. The van der Waals surface area contributed by atoms with Crippen molar-refractivity contribution < 1.29 is 14.7 Å². The van der Waals surface area contributed by atoms with E-state index in [1.807, 2.05) is 77.8 Å². The topological polar surface area (TPSA) is 62.5 Å². The lowest BCUT2D eigenvalue weighted by molar-refractivity contribution is -0.137. The highest BCUT2D eigenvalue weighted by atomic mass is 16.4. The van der Waals surface area contributed by atoms with Gasteiger partial charge in [0.1, 0.15) is 6.54 Å². The zero-order valence-electron chi connectivity index (χ0n) is 22.5. The molecule has 5 heteroatoms. The zero-order chi connectivity index (χ0) is 27.7. The molecule has 4 aromatic carbocycles. The summed E-state index contributed by atoms with van der Waals surface area (Å²) in [6, 6.07) is 38.4. The molecule has 5 aromatic rings. The van der Waals surface area contributed by atoms with Gasteiger partial charge in [-0.05, 0) is 54.2 Å². The molecule has 0 atom stereocenters. The molecule has 0 aliphatic heterocycles. The molecule has 0 unspecified atom stereocenters. The number of aryl methyl sites for hydroxylation is 1. The second-order valence-corrected chi connectivity index (χ2v) is 10.1. The molecule has 5 nitrogen and oxygen atoms in total. The Morgan fingerprint density at radius 3 is 1.93 bits per heavy atom. The summed E-state index contributed by atoms with van der Waals surface area (Å²) in [7, 11) is 0. The Balaban J connectivity index is 1.35. The van der Waals surface area contributed by atoms with Gasteiger partial charge in [0.15, 0.2) is 0 Å². The number of aliphatic carboxylic acids is 1. The van der Waals surface area contributed by atoms with Gasteiger partial charge in [0.2, 0.25) is 0 Å². The Morgan fingerprint density at radius 2 is 1.30 bits per heavy atom. The number of hydrogen-bond acceptors (Lipinski definition) is 2. The van der Waals surface area contributed by atoms with Crippen LogP contribution in [-0.4, -0.2) is 39.5 Å². The fourth-order valence-corrected chi connectivity index (χ4v) is 5.52. The van der Waals surface area contributed by atoms with Crippen LogP contribution in [0.1, 0.15) is 45.8 Å². The van der Waals surface area contributed by atoms with E-state index >= 15 is 0 Å². The van der Waals surface area contributed by atoms with E-state index in [9.17, 15) is 14.7 Å². The molecule has 5 rings (SSSR count). The number of rotatable bonds is 12. The van der Waals surface area contributed by atoms with Crippen LogP contribution in [-0.2, 0) is 17.8 Å². The van der Waals surface area contributed by atoms with Crippen molar-refractivity contribution in [2.45, 2.75) is 31.7 Å². The van der Waals surface area contributed by atoms with Crippen LogP contribution in [0.3, 0.4) is 0 Å². The van der Waals surface area contributed by atoms with Crippen molar-refractivity contribution >= 4 is 22.8 Å². The molecule has 0 spiro atoms. The molecule has 0 aliphatic rings. The van der Waals surface area contributed by atoms with Gasteiger partial charge in [-0.1, -0.05) is 97.1 Å². The molecule has 0 saturated heterocycles. The Kier molecular flexibility index (Phi) is 8.72. The van der Waals surface area contributed by atoms with Crippen LogP contribution in [0.5, 0.6) is 0 Å². The van der Waals surface area contributed by atoms with Crippen molar-refractivity contribution in [2.75, 3.05) is 13.1 Å². The second kappa shape index (κ2) is 12.9. The number of hydrogen-bond donors (Lipinski definition) is 1. The van der Waals surface area contributed by atoms with Gasteiger partial charge >= 0.3 is 5.97 Å². The van der Waals surface area contributed by atoms with E-state index in [1.165, 1.54) is 11.1 Å². The molecule has 0 radical (unpaired) electrons. The quantitative estimate of drug-likeness (QED) is 0.188. The number of aromatic nitrogens is 1. The maximum Gasteiger partial charge on any atom is 0.323 e. The Hall–Kier alpha value is -4.64. The van der Waals surface area contributed by atoms with Crippen molar-refractivity contribution in [2.24, 2.45) is 0 Å². The summed E-state index contributed by atoms with van der Waals surface area (Å²) in [5.41, 5.74) is 5.21. The van der Waals surface area contributed by atoms with Gasteiger partial charge in [0.05, 0.1) is 0 Å². The van der Waals surface area contributed by atoms with E-state index < -0.39 is 5.97 Å². The van der Waals surface area contributed by atoms with Crippen LogP contribution in [0.25, 0.3) is 10.9 Å². The molecule has 0 bridgehead atoms. The fraction of sp³-hybridized carbons (Fsp3) is 0.200. The molecule has 0 saturated carbocycles. The minimum absolute atomic E-state index is 0.0359. The SMILES string of the molecule is O=C(O)Cn1cc(CCCN(CCC(c2ccccc2)c2ccccc2)C(=O)c2ccccc2)c2ccccc21. The van der Waals surface area contributed by atoms with E-state index in [1.54, 1.807) is 4.57 Å². The molecule has 1 N–H and O–H groups in total. The van der Waals surface area contributed by atoms with E-state index in [0.29, 0.717) is 18.7 Å². The van der Waals surface area contributed by atoms with Crippen LogP contribution in [0.4, 0.5) is 0 Å². The summed E-state index contributed by atoms with van der Waals surface area (Å²) < 4.78 is 1.80. The van der Waals surface area contributed by atoms with Crippen molar-refractivity contribution in [1.82, 2.24) is 9.47 Å². The first-order chi connectivity index (χ1) is 19.6. The number of carboxylic acid groups (broad SMARTS) is 1. The molecular weight excluding hydrogens is 496 g/mol. The minimum atomic E-state index is -0.863. The van der Waals surface area contributed by atoms with Crippen molar-refractivity contribution in [3.05, 3.63) is 144 Å². The Bertz CT molecular complexity index is 1510. The smallest absolute Gasteiger partial charge is 0.323 e. The van der Waals surface area contributed by atoms with Crippen LogP contribution >= 0.6 is 0 Å². The fourth-order valence-electron chi connectivity index (χ4n) is 5.52. The monoisotopic (exact) mass is 530 g/mol. The lowest BCUT2D eigenvalue weighted by atomic mass is 9.88. The lowest BCUT2D eigenvalue weighted by Gasteiger charge is -2.26. The van der Waals surface area contributed by atoms with Crippen molar-refractivity contribution in [3.63, 3.8) is 0 Å². The summed E-state index contributed by atoms with van der Waals surface area (Å²) in [4.78, 5) is 27.0. The van der Waals surface area contributed by atoms with Crippen LogP contribution < -0.4 is 0 Å². The lowest BCUT2D eigenvalue weighted by Crippen LogP contribution is -2.34. The summed E-state index contributed by atoms with van der Waals surface area (Å²) in [6.07, 6.45) is 4.29. The number of nitrogens with zero attached hydrogens (tertiary/aromatic N) is 2. The molecule has 1 aromatic heterocycles. The van der Waals surface area contributed by atoms with Gasteiger partial charge in [-0.15, -0.1) is 0 Å². The highest BCUT2D eigenvalue weighted by Crippen LogP contribution is 2.29.